The molecule has 0 aliphatic rings. The summed E-state index contributed by atoms with van der Waals surface area (Å²) in [6.45, 7) is 8.47. The van der Waals surface area contributed by atoms with E-state index >= 15 is 0 Å². The SMILES string of the molecule is [C-]#[N+]c1ccc(-c2cccc(-c3csc(NC(C)=O)n3)c2)cc1. The summed E-state index contributed by atoms with van der Waals surface area (Å²) in [5, 5.41) is 5.21. The zero-order valence-corrected chi connectivity index (χ0v) is 13.2. The third kappa shape index (κ3) is 3.44. The van der Waals surface area contributed by atoms with E-state index in [1.165, 1.54) is 18.3 Å². The van der Waals surface area contributed by atoms with Crippen molar-refractivity contribution < 1.29 is 4.79 Å². The second-order valence-electron chi connectivity index (χ2n) is 4.96. The van der Waals surface area contributed by atoms with Gasteiger partial charge in [0.1, 0.15) is 0 Å². The predicted octanol–water partition coefficient (Wildman–Crippen LogP) is 4.99. The van der Waals surface area contributed by atoms with Crippen LogP contribution in [0.25, 0.3) is 27.2 Å². The van der Waals surface area contributed by atoms with E-state index in [9.17, 15) is 4.79 Å². The van der Waals surface area contributed by atoms with Gasteiger partial charge in [-0.3, -0.25) is 4.79 Å². The lowest BCUT2D eigenvalue weighted by atomic mass is 10.0. The number of nitrogens with zero attached hydrogens (tertiary/aromatic N) is 2. The lowest BCUT2D eigenvalue weighted by Crippen LogP contribution is -2.04. The Hall–Kier alpha value is -2.97. The van der Waals surface area contributed by atoms with E-state index in [0.29, 0.717) is 10.8 Å². The van der Waals surface area contributed by atoms with Crippen molar-refractivity contribution in [3.05, 3.63) is 65.3 Å². The molecule has 4 nitrogen and oxygen atoms in total. The van der Waals surface area contributed by atoms with E-state index in [4.69, 9.17) is 6.57 Å². The van der Waals surface area contributed by atoms with Crippen LogP contribution in [0.2, 0.25) is 0 Å². The van der Waals surface area contributed by atoms with Gasteiger partial charge in [0, 0.05) is 17.9 Å². The number of benzene rings is 2. The van der Waals surface area contributed by atoms with Gasteiger partial charge in [-0.25, -0.2) is 9.83 Å². The van der Waals surface area contributed by atoms with Crippen LogP contribution in [0, 0.1) is 6.57 Å². The Morgan fingerprint density at radius 3 is 2.57 bits per heavy atom. The highest BCUT2D eigenvalue weighted by atomic mass is 32.1. The lowest BCUT2D eigenvalue weighted by Gasteiger charge is -2.04. The summed E-state index contributed by atoms with van der Waals surface area (Å²) >= 11 is 1.40. The highest BCUT2D eigenvalue weighted by Crippen LogP contribution is 2.29. The van der Waals surface area contributed by atoms with Gasteiger partial charge >= 0.3 is 0 Å². The lowest BCUT2D eigenvalue weighted by molar-refractivity contribution is -0.114. The highest BCUT2D eigenvalue weighted by Gasteiger charge is 2.07. The van der Waals surface area contributed by atoms with E-state index in [1.807, 2.05) is 47.8 Å². The van der Waals surface area contributed by atoms with Gasteiger partial charge in [0.05, 0.1) is 12.3 Å². The van der Waals surface area contributed by atoms with Crippen molar-refractivity contribution in [3.63, 3.8) is 0 Å². The molecular formula is C18H13N3OS. The summed E-state index contributed by atoms with van der Waals surface area (Å²) < 4.78 is 0. The Bertz CT molecular complexity index is 891. The van der Waals surface area contributed by atoms with E-state index < -0.39 is 0 Å². The molecule has 0 aliphatic heterocycles. The minimum Gasteiger partial charge on any atom is -0.302 e. The number of amides is 1. The molecule has 112 valence electrons. The van der Waals surface area contributed by atoms with E-state index in [0.717, 1.165) is 22.4 Å². The summed E-state index contributed by atoms with van der Waals surface area (Å²) in [6.07, 6.45) is 0. The van der Waals surface area contributed by atoms with Gasteiger partial charge in [0.2, 0.25) is 5.91 Å². The number of rotatable bonds is 3. The van der Waals surface area contributed by atoms with Gasteiger partial charge in [-0.2, -0.15) is 0 Å². The van der Waals surface area contributed by atoms with Crippen LogP contribution in [-0.2, 0) is 4.79 Å². The maximum absolute atomic E-state index is 11.1. The zero-order chi connectivity index (χ0) is 16.2. The van der Waals surface area contributed by atoms with Crippen molar-refractivity contribution in [3.8, 4) is 22.4 Å². The number of nitrogens with one attached hydrogen (secondary N) is 1. The molecule has 23 heavy (non-hydrogen) atoms. The first-order chi connectivity index (χ1) is 11.2. The van der Waals surface area contributed by atoms with Gasteiger partial charge in [0.25, 0.3) is 0 Å². The Morgan fingerprint density at radius 1 is 1.13 bits per heavy atom. The maximum atomic E-state index is 11.1. The summed E-state index contributed by atoms with van der Waals surface area (Å²) in [4.78, 5) is 18.9. The molecule has 0 radical (unpaired) electrons. The number of hydrogen-bond donors (Lipinski definition) is 1. The average molecular weight is 319 g/mol. The molecule has 0 bridgehead atoms. The summed E-state index contributed by atoms with van der Waals surface area (Å²) in [6, 6.07) is 15.6. The van der Waals surface area contributed by atoms with Gasteiger partial charge in [-0.15, -0.1) is 11.3 Å². The molecule has 0 unspecified atom stereocenters. The number of carbonyl (C=O) groups is 1. The minimum absolute atomic E-state index is 0.125. The Morgan fingerprint density at radius 2 is 1.87 bits per heavy atom. The normalized spacial score (nSPS) is 10.1. The van der Waals surface area contributed by atoms with Gasteiger partial charge < -0.3 is 5.32 Å². The van der Waals surface area contributed by atoms with Crippen molar-refractivity contribution in [1.82, 2.24) is 4.98 Å². The Balaban J connectivity index is 1.91. The fourth-order valence-corrected chi connectivity index (χ4v) is 2.97. The topological polar surface area (TPSA) is 46.4 Å². The maximum Gasteiger partial charge on any atom is 0.223 e. The van der Waals surface area contributed by atoms with Gasteiger partial charge in [0.15, 0.2) is 10.8 Å². The van der Waals surface area contributed by atoms with Crippen LogP contribution in [-0.4, -0.2) is 10.9 Å². The van der Waals surface area contributed by atoms with Crippen LogP contribution in [0.3, 0.4) is 0 Å². The van der Waals surface area contributed by atoms with E-state index in [1.54, 1.807) is 0 Å². The Labute approximate surface area is 138 Å². The molecule has 0 fully saturated rings. The van der Waals surface area contributed by atoms with Gasteiger partial charge in [-0.1, -0.05) is 42.5 Å². The van der Waals surface area contributed by atoms with E-state index in [2.05, 4.69) is 21.2 Å². The van der Waals surface area contributed by atoms with Crippen LogP contribution in [0.15, 0.2) is 53.9 Å². The fourth-order valence-electron chi connectivity index (χ4n) is 2.20. The van der Waals surface area contributed by atoms with Crippen LogP contribution < -0.4 is 5.32 Å². The third-order valence-corrected chi connectivity index (χ3v) is 4.03. The van der Waals surface area contributed by atoms with Crippen molar-refractivity contribution in [2.75, 3.05) is 5.32 Å². The molecule has 5 heteroatoms. The number of aromatic nitrogens is 1. The second kappa shape index (κ2) is 6.42. The monoisotopic (exact) mass is 319 g/mol. The summed E-state index contributed by atoms with van der Waals surface area (Å²) in [7, 11) is 0. The number of hydrogen-bond acceptors (Lipinski definition) is 3. The molecule has 0 saturated carbocycles. The standard InChI is InChI=1S/C18H13N3OS/c1-12(22)20-18-21-17(11-23-18)15-5-3-4-14(10-15)13-6-8-16(19-2)9-7-13/h3-11H,1H3,(H,20,21,22). The minimum atomic E-state index is -0.125. The molecule has 0 spiro atoms. The number of carbonyl (C=O) groups excluding carboxylic acids is 1. The fraction of sp³-hybridized carbons (Fsp3) is 0.0556. The molecule has 1 amide bonds. The molecule has 3 aromatic rings. The molecule has 1 N–H and O–H groups in total. The van der Waals surface area contributed by atoms with Crippen LogP contribution in [0.4, 0.5) is 10.8 Å². The first-order valence-electron chi connectivity index (χ1n) is 6.97. The van der Waals surface area contributed by atoms with Crippen molar-refractivity contribution in [2.24, 2.45) is 0 Å². The molecule has 1 heterocycles. The molecular weight excluding hydrogens is 306 g/mol. The predicted molar refractivity (Wildman–Crippen MR) is 93.6 cm³/mol. The molecule has 0 atom stereocenters. The third-order valence-electron chi connectivity index (χ3n) is 3.28. The first kappa shape index (κ1) is 14.9. The van der Waals surface area contributed by atoms with Gasteiger partial charge in [-0.05, 0) is 17.2 Å². The quantitative estimate of drug-likeness (QED) is 0.692. The molecule has 0 saturated heterocycles. The van der Waals surface area contributed by atoms with Crippen LogP contribution >= 0.6 is 11.3 Å². The largest absolute Gasteiger partial charge is 0.302 e. The molecule has 1 aromatic heterocycles. The highest BCUT2D eigenvalue weighted by molar-refractivity contribution is 7.14. The Kier molecular flexibility index (Phi) is 4.18. The summed E-state index contributed by atoms with van der Waals surface area (Å²) in [5.41, 5.74) is 4.57. The second-order valence-corrected chi connectivity index (χ2v) is 5.82. The van der Waals surface area contributed by atoms with E-state index in [-0.39, 0.29) is 5.91 Å². The van der Waals surface area contributed by atoms with Crippen LogP contribution in [0.5, 0.6) is 0 Å². The molecule has 2 aromatic carbocycles. The smallest absolute Gasteiger partial charge is 0.223 e. The number of anilines is 1. The van der Waals surface area contributed by atoms with Crippen LogP contribution in [0.1, 0.15) is 6.92 Å². The van der Waals surface area contributed by atoms with Crippen molar-refractivity contribution in [2.45, 2.75) is 6.92 Å². The first-order valence-corrected chi connectivity index (χ1v) is 7.85. The molecule has 0 aliphatic carbocycles. The number of thiazole rings is 1. The van der Waals surface area contributed by atoms with Crippen molar-refractivity contribution in [1.29, 1.82) is 0 Å². The average Bonchev–Trinajstić information content (AvgIpc) is 3.03. The molecule has 3 rings (SSSR count). The zero-order valence-electron chi connectivity index (χ0n) is 12.4. The summed E-state index contributed by atoms with van der Waals surface area (Å²) in [5.74, 6) is -0.125. The van der Waals surface area contributed by atoms with Crippen molar-refractivity contribution >= 4 is 28.1 Å².